The highest BCUT2D eigenvalue weighted by Crippen LogP contribution is 2.29. The van der Waals surface area contributed by atoms with Crippen molar-refractivity contribution in [3.8, 4) is 0 Å². The Balaban J connectivity index is 1.82. The zero-order valence-corrected chi connectivity index (χ0v) is 12.5. The number of hydrogen-bond acceptors (Lipinski definition) is 2. The quantitative estimate of drug-likeness (QED) is 0.781. The van der Waals surface area contributed by atoms with Gasteiger partial charge in [0, 0.05) is 6.04 Å². The van der Waals surface area contributed by atoms with Gasteiger partial charge in [-0.15, -0.1) is 0 Å². The fraction of sp³-hybridized carbons (Fsp3) is 0.562. The molecule has 5 heteroatoms. The average molecular weight is 294 g/mol. The Hall–Kier alpha value is -1.62. The molecule has 1 aromatic carbocycles. The van der Waals surface area contributed by atoms with E-state index in [4.69, 9.17) is 0 Å². The van der Waals surface area contributed by atoms with Crippen molar-refractivity contribution in [2.75, 3.05) is 6.54 Å². The van der Waals surface area contributed by atoms with E-state index in [1.165, 1.54) is 30.7 Å². The second-order valence-corrected chi connectivity index (χ2v) is 6.09. The van der Waals surface area contributed by atoms with Gasteiger partial charge in [-0.3, -0.25) is 0 Å². The molecular formula is C16H23FN2O2. The fourth-order valence-electron chi connectivity index (χ4n) is 2.48. The van der Waals surface area contributed by atoms with Crippen LogP contribution in [-0.4, -0.2) is 23.7 Å². The summed E-state index contributed by atoms with van der Waals surface area (Å²) in [5, 5.41) is 15.9. The summed E-state index contributed by atoms with van der Waals surface area (Å²) in [7, 11) is 0. The van der Waals surface area contributed by atoms with Gasteiger partial charge < -0.3 is 15.7 Å². The molecule has 2 unspecified atom stereocenters. The van der Waals surface area contributed by atoms with Crippen molar-refractivity contribution in [2.45, 2.75) is 44.8 Å². The van der Waals surface area contributed by atoms with E-state index in [1.54, 1.807) is 6.92 Å². The predicted octanol–water partition coefficient (Wildman–Crippen LogP) is 2.52. The van der Waals surface area contributed by atoms with E-state index in [-0.39, 0.29) is 24.4 Å². The number of carbonyl (C=O) groups excluding carboxylic acids is 1. The molecule has 0 aromatic heterocycles. The van der Waals surface area contributed by atoms with E-state index >= 15 is 0 Å². The van der Waals surface area contributed by atoms with Crippen LogP contribution in [0.3, 0.4) is 0 Å². The topological polar surface area (TPSA) is 61.4 Å². The van der Waals surface area contributed by atoms with E-state index in [9.17, 15) is 14.3 Å². The lowest BCUT2D eigenvalue weighted by atomic mass is 9.80. The van der Waals surface area contributed by atoms with Crippen molar-refractivity contribution >= 4 is 6.03 Å². The van der Waals surface area contributed by atoms with Crippen LogP contribution in [0.2, 0.25) is 0 Å². The van der Waals surface area contributed by atoms with Gasteiger partial charge in [-0.25, -0.2) is 9.18 Å². The van der Waals surface area contributed by atoms with Gasteiger partial charge in [0.2, 0.25) is 0 Å². The number of benzene rings is 1. The van der Waals surface area contributed by atoms with Crippen LogP contribution in [0, 0.1) is 11.7 Å². The van der Waals surface area contributed by atoms with Crippen molar-refractivity contribution in [3.05, 3.63) is 35.6 Å². The number of carbonyl (C=O) groups is 1. The molecule has 2 rings (SSSR count). The minimum atomic E-state index is -1.23. The largest absolute Gasteiger partial charge is 0.384 e. The number of hydrogen-bond donors (Lipinski definition) is 3. The van der Waals surface area contributed by atoms with Crippen LogP contribution in [-0.2, 0) is 5.60 Å². The Morgan fingerprint density at radius 1 is 1.43 bits per heavy atom. The van der Waals surface area contributed by atoms with Crippen LogP contribution in [0.1, 0.15) is 38.7 Å². The number of aliphatic hydroxyl groups is 1. The molecule has 2 atom stereocenters. The van der Waals surface area contributed by atoms with Crippen LogP contribution in [0.15, 0.2) is 24.3 Å². The average Bonchev–Trinajstić information content (AvgIpc) is 2.35. The second-order valence-electron chi connectivity index (χ2n) is 6.09. The maximum absolute atomic E-state index is 12.9. The fourth-order valence-corrected chi connectivity index (χ4v) is 2.48. The number of halogens is 1. The monoisotopic (exact) mass is 294 g/mol. The Morgan fingerprint density at radius 3 is 2.57 bits per heavy atom. The Morgan fingerprint density at radius 2 is 2.05 bits per heavy atom. The van der Waals surface area contributed by atoms with Gasteiger partial charge in [0.25, 0.3) is 0 Å². The Bertz CT molecular complexity index is 484. The Labute approximate surface area is 124 Å². The summed E-state index contributed by atoms with van der Waals surface area (Å²) in [6.07, 6.45) is 3.56. The zero-order chi connectivity index (χ0) is 15.5. The smallest absolute Gasteiger partial charge is 0.315 e. The van der Waals surface area contributed by atoms with Gasteiger partial charge in [-0.2, -0.15) is 0 Å². The normalized spacial score (nSPS) is 19.2. The summed E-state index contributed by atoms with van der Waals surface area (Å²) in [6.45, 7) is 3.67. The molecule has 0 saturated heterocycles. The molecule has 0 spiro atoms. The van der Waals surface area contributed by atoms with E-state index in [0.29, 0.717) is 11.5 Å². The lowest BCUT2D eigenvalue weighted by Crippen LogP contribution is -2.48. The molecule has 0 heterocycles. The van der Waals surface area contributed by atoms with E-state index in [2.05, 4.69) is 10.6 Å². The lowest BCUT2D eigenvalue weighted by molar-refractivity contribution is 0.0590. The van der Waals surface area contributed by atoms with Crippen molar-refractivity contribution in [1.29, 1.82) is 0 Å². The molecule has 1 aliphatic carbocycles. The minimum Gasteiger partial charge on any atom is -0.384 e. The van der Waals surface area contributed by atoms with Gasteiger partial charge in [0.05, 0.1) is 6.54 Å². The van der Waals surface area contributed by atoms with Crippen LogP contribution >= 0.6 is 0 Å². The van der Waals surface area contributed by atoms with E-state index < -0.39 is 5.60 Å². The van der Waals surface area contributed by atoms with Crippen LogP contribution in [0.25, 0.3) is 0 Å². The maximum atomic E-state index is 12.9. The molecule has 4 nitrogen and oxygen atoms in total. The van der Waals surface area contributed by atoms with Crippen LogP contribution < -0.4 is 10.6 Å². The van der Waals surface area contributed by atoms with Crippen LogP contribution in [0.5, 0.6) is 0 Å². The third-order valence-corrected chi connectivity index (χ3v) is 4.27. The third-order valence-electron chi connectivity index (χ3n) is 4.27. The summed E-state index contributed by atoms with van der Waals surface area (Å²) in [6, 6.07) is 5.49. The van der Waals surface area contributed by atoms with Crippen LogP contribution in [0.4, 0.5) is 9.18 Å². The molecule has 1 fully saturated rings. The SMILES string of the molecule is CC(NC(=O)NCC(C)(O)c1ccc(F)cc1)C1CCC1. The van der Waals surface area contributed by atoms with Gasteiger partial charge in [0.1, 0.15) is 11.4 Å². The summed E-state index contributed by atoms with van der Waals surface area (Å²) in [5.41, 5.74) is -0.665. The number of urea groups is 1. The molecule has 1 aromatic rings. The number of rotatable bonds is 5. The zero-order valence-electron chi connectivity index (χ0n) is 12.5. The predicted molar refractivity (Wildman–Crippen MR) is 79.3 cm³/mol. The highest BCUT2D eigenvalue weighted by Gasteiger charge is 2.27. The molecule has 3 N–H and O–H groups in total. The molecule has 1 aliphatic rings. The van der Waals surface area contributed by atoms with Gasteiger partial charge in [-0.1, -0.05) is 18.6 Å². The third kappa shape index (κ3) is 4.17. The number of amides is 2. The summed E-state index contributed by atoms with van der Waals surface area (Å²) in [5.74, 6) is 0.211. The van der Waals surface area contributed by atoms with Gasteiger partial charge in [0.15, 0.2) is 0 Å². The Kier molecular flexibility index (Phi) is 4.83. The molecule has 21 heavy (non-hydrogen) atoms. The summed E-state index contributed by atoms with van der Waals surface area (Å²) >= 11 is 0. The number of nitrogens with one attached hydrogen (secondary N) is 2. The highest BCUT2D eigenvalue weighted by atomic mass is 19.1. The summed E-state index contributed by atoms with van der Waals surface area (Å²) < 4.78 is 12.9. The first-order valence-electron chi connectivity index (χ1n) is 7.41. The maximum Gasteiger partial charge on any atom is 0.315 e. The molecule has 0 radical (unpaired) electrons. The minimum absolute atomic E-state index is 0.0713. The summed E-state index contributed by atoms with van der Waals surface area (Å²) in [4.78, 5) is 11.8. The first-order valence-corrected chi connectivity index (χ1v) is 7.41. The molecular weight excluding hydrogens is 271 g/mol. The molecule has 2 amide bonds. The van der Waals surface area contributed by atoms with Crippen molar-refractivity contribution < 1.29 is 14.3 Å². The lowest BCUT2D eigenvalue weighted by Gasteiger charge is -2.32. The van der Waals surface area contributed by atoms with Crippen molar-refractivity contribution in [3.63, 3.8) is 0 Å². The van der Waals surface area contributed by atoms with Crippen molar-refractivity contribution in [1.82, 2.24) is 10.6 Å². The molecule has 0 bridgehead atoms. The van der Waals surface area contributed by atoms with Gasteiger partial charge in [-0.05, 0) is 50.3 Å². The second kappa shape index (κ2) is 6.43. The standard InChI is InChI=1S/C16H23FN2O2/c1-11(12-4-3-5-12)19-15(20)18-10-16(2,21)13-6-8-14(17)9-7-13/h6-9,11-12,21H,3-5,10H2,1-2H3,(H2,18,19,20). The molecule has 1 saturated carbocycles. The van der Waals surface area contributed by atoms with Gasteiger partial charge >= 0.3 is 6.03 Å². The molecule has 0 aliphatic heterocycles. The first kappa shape index (κ1) is 15.8. The molecule has 116 valence electrons. The van der Waals surface area contributed by atoms with Crippen molar-refractivity contribution in [2.24, 2.45) is 5.92 Å². The van der Waals surface area contributed by atoms with E-state index in [0.717, 1.165) is 12.8 Å². The first-order chi connectivity index (χ1) is 9.88. The highest BCUT2D eigenvalue weighted by molar-refractivity contribution is 5.74. The van der Waals surface area contributed by atoms with E-state index in [1.807, 2.05) is 6.92 Å².